The normalized spacial score (nSPS) is 43.4. The molecule has 3 fully saturated rings. The van der Waals surface area contributed by atoms with Crippen LogP contribution in [0.25, 0.3) is 0 Å². The monoisotopic (exact) mass is 179 g/mol. The van der Waals surface area contributed by atoms with Gasteiger partial charge in [-0.05, 0) is 18.8 Å². The van der Waals surface area contributed by atoms with E-state index in [0.717, 1.165) is 12.5 Å². The van der Waals surface area contributed by atoms with Crippen molar-refractivity contribution in [2.45, 2.75) is 38.5 Å². The van der Waals surface area contributed by atoms with E-state index in [2.05, 4.69) is 5.32 Å². The van der Waals surface area contributed by atoms with Gasteiger partial charge in [0.05, 0.1) is 0 Å². The Morgan fingerprint density at radius 3 is 2.69 bits per heavy atom. The maximum atomic E-state index is 11.3. The fourth-order valence-corrected chi connectivity index (χ4v) is 3.39. The Kier molecular flexibility index (Phi) is 1.50. The molecular weight excluding hydrogens is 162 g/mol. The van der Waals surface area contributed by atoms with Gasteiger partial charge in [0.25, 0.3) is 0 Å². The fourth-order valence-electron chi connectivity index (χ4n) is 3.39. The van der Waals surface area contributed by atoms with E-state index in [4.69, 9.17) is 0 Å². The van der Waals surface area contributed by atoms with Gasteiger partial charge in [-0.1, -0.05) is 25.7 Å². The predicted molar refractivity (Wildman–Crippen MR) is 50.1 cm³/mol. The smallest absolute Gasteiger partial charge is 0.223 e. The average Bonchev–Trinajstić information content (AvgIpc) is 2.47. The maximum absolute atomic E-state index is 11.3. The summed E-state index contributed by atoms with van der Waals surface area (Å²) in [5.41, 5.74) is 0.437. The van der Waals surface area contributed by atoms with Crippen LogP contribution in [0, 0.1) is 17.3 Å². The highest BCUT2D eigenvalue weighted by Crippen LogP contribution is 2.60. The molecule has 2 aliphatic carbocycles. The molecule has 1 heterocycles. The molecule has 1 N–H and O–H groups in total. The molecule has 0 aromatic heterocycles. The van der Waals surface area contributed by atoms with Crippen LogP contribution in [0.1, 0.15) is 38.5 Å². The molecule has 0 bridgehead atoms. The van der Waals surface area contributed by atoms with Gasteiger partial charge in [-0.2, -0.15) is 0 Å². The molecule has 2 atom stereocenters. The van der Waals surface area contributed by atoms with Crippen LogP contribution in [0.5, 0.6) is 0 Å². The molecule has 1 amide bonds. The van der Waals surface area contributed by atoms with E-state index in [1.807, 2.05) is 0 Å². The zero-order valence-corrected chi connectivity index (χ0v) is 8.01. The molecule has 2 unspecified atom stereocenters. The summed E-state index contributed by atoms with van der Waals surface area (Å²) in [7, 11) is 0. The molecule has 3 aliphatic rings. The van der Waals surface area contributed by atoms with Crippen molar-refractivity contribution >= 4 is 5.91 Å². The van der Waals surface area contributed by atoms with Gasteiger partial charge < -0.3 is 5.32 Å². The van der Waals surface area contributed by atoms with Crippen molar-refractivity contribution in [3.05, 3.63) is 0 Å². The van der Waals surface area contributed by atoms with Crippen LogP contribution >= 0.6 is 0 Å². The SMILES string of the molecule is O=C1NCC2(CC3CCCC3)CC12. The van der Waals surface area contributed by atoms with Crippen LogP contribution in [0.15, 0.2) is 0 Å². The lowest BCUT2D eigenvalue weighted by molar-refractivity contribution is -0.120. The molecule has 0 aromatic carbocycles. The fraction of sp³-hybridized carbons (Fsp3) is 0.909. The third kappa shape index (κ3) is 1.11. The summed E-state index contributed by atoms with van der Waals surface area (Å²) in [6.07, 6.45) is 8.20. The second kappa shape index (κ2) is 2.49. The van der Waals surface area contributed by atoms with E-state index in [0.29, 0.717) is 17.2 Å². The standard InChI is InChI=1S/C11H17NO/c13-10-9-6-11(9,7-12-10)5-8-3-1-2-4-8/h8-9H,1-7H2,(H,12,13). The van der Waals surface area contributed by atoms with Gasteiger partial charge in [0, 0.05) is 17.9 Å². The van der Waals surface area contributed by atoms with Gasteiger partial charge in [0.2, 0.25) is 5.91 Å². The number of fused-ring (bicyclic) bond motifs is 1. The van der Waals surface area contributed by atoms with Crippen molar-refractivity contribution in [1.29, 1.82) is 0 Å². The maximum Gasteiger partial charge on any atom is 0.223 e. The van der Waals surface area contributed by atoms with Crippen molar-refractivity contribution < 1.29 is 4.79 Å². The van der Waals surface area contributed by atoms with Gasteiger partial charge in [0.15, 0.2) is 0 Å². The quantitative estimate of drug-likeness (QED) is 0.687. The van der Waals surface area contributed by atoms with Crippen LogP contribution in [-0.4, -0.2) is 12.5 Å². The summed E-state index contributed by atoms with van der Waals surface area (Å²) in [4.78, 5) is 11.3. The molecule has 1 aliphatic heterocycles. The van der Waals surface area contributed by atoms with E-state index in [9.17, 15) is 4.79 Å². The molecule has 0 spiro atoms. The van der Waals surface area contributed by atoms with Crippen LogP contribution in [0.3, 0.4) is 0 Å². The van der Waals surface area contributed by atoms with Gasteiger partial charge in [-0.25, -0.2) is 0 Å². The molecule has 13 heavy (non-hydrogen) atoms. The number of carbonyl (C=O) groups is 1. The summed E-state index contributed by atoms with van der Waals surface area (Å²) in [5.74, 6) is 1.68. The summed E-state index contributed by atoms with van der Waals surface area (Å²) in [6.45, 7) is 0.979. The highest BCUT2D eigenvalue weighted by atomic mass is 16.2. The molecule has 0 aromatic rings. The predicted octanol–water partition coefficient (Wildman–Crippen LogP) is 1.70. The topological polar surface area (TPSA) is 29.1 Å². The molecule has 72 valence electrons. The first-order valence-electron chi connectivity index (χ1n) is 5.58. The van der Waals surface area contributed by atoms with Crippen molar-refractivity contribution in [3.63, 3.8) is 0 Å². The van der Waals surface area contributed by atoms with Crippen molar-refractivity contribution in [2.24, 2.45) is 17.3 Å². The number of rotatable bonds is 2. The number of nitrogens with one attached hydrogen (secondary N) is 1. The number of hydrogen-bond acceptors (Lipinski definition) is 1. The Hall–Kier alpha value is -0.530. The first kappa shape index (κ1) is 7.84. The van der Waals surface area contributed by atoms with Crippen LogP contribution in [0.2, 0.25) is 0 Å². The molecule has 2 saturated carbocycles. The number of piperidine rings is 1. The average molecular weight is 179 g/mol. The molecule has 0 radical (unpaired) electrons. The first-order chi connectivity index (χ1) is 6.30. The number of carbonyl (C=O) groups excluding carboxylic acids is 1. The minimum absolute atomic E-state index is 0.331. The second-order valence-corrected chi connectivity index (χ2v) is 5.19. The third-order valence-corrected chi connectivity index (χ3v) is 4.29. The van der Waals surface area contributed by atoms with E-state index >= 15 is 0 Å². The third-order valence-electron chi connectivity index (χ3n) is 4.29. The Balaban J connectivity index is 1.64. The molecule has 2 heteroatoms. The van der Waals surface area contributed by atoms with Crippen molar-refractivity contribution in [3.8, 4) is 0 Å². The van der Waals surface area contributed by atoms with E-state index in [-0.39, 0.29) is 0 Å². The largest absolute Gasteiger partial charge is 0.355 e. The minimum atomic E-state index is 0.331. The summed E-state index contributed by atoms with van der Waals surface area (Å²) < 4.78 is 0. The Labute approximate surface area is 79.1 Å². The summed E-state index contributed by atoms with van der Waals surface area (Å²) in [6, 6.07) is 0. The van der Waals surface area contributed by atoms with E-state index < -0.39 is 0 Å². The minimum Gasteiger partial charge on any atom is -0.355 e. The van der Waals surface area contributed by atoms with Crippen LogP contribution < -0.4 is 5.32 Å². The van der Waals surface area contributed by atoms with E-state index in [1.165, 1.54) is 38.5 Å². The highest BCUT2D eigenvalue weighted by molar-refractivity contribution is 5.85. The molecule has 1 saturated heterocycles. The first-order valence-corrected chi connectivity index (χ1v) is 5.58. The lowest BCUT2D eigenvalue weighted by Crippen LogP contribution is -2.21. The molecule has 3 rings (SSSR count). The summed E-state index contributed by atoms with van der Waals surface area (Å²) in [5, 5.41) is 2.99. The Bertz CT molecular complexity index is 244. The zero-order chi connectivity index (χ0) is 8.89. The number of hydrogen-bond donors (Lipinski definition) is 1. The Morgan fingerprint density at radius 2 is 2.15 bits per heavy atom. The molecule has 2 nitrogen and oxygen atoms in total. The zero-order valence-electron chi connectivity index (χ0n) is 8.01. The van der Waals surface area contributed by atoms with Gasteiger partial charge in [-0.15, -0.1) is 0 Å². The van der Waals surface area contributed by atoms with Crippen LogP contribution in [0.4, 0.5) is 0 Å². The lowest BCUT2D eigenvalue weighted by Gasteiger charge is -2.15. The van der Waals surface area contributed by atoms with Crippen LogP contribution in [-0.2, 0) is 4.79 Å². The van der Waals surface area contributed by atoms with Gasteiger partial charge >= 0.3 is 0 Å². The van der Waals surface area contributed by atoms with Gasteiger partial charge in [-0.3, -0.25) is 4.79 Å². The van der Waals surface area contributed by atoms with Crippen molar-refractivity contribution in [2.75, 3.05) is 6.54 Å². The lowest BCUT2D eigenvalue weighted by atomic mass is 9.90. The summed E-state index contributed by atoms with van der Waals surface area (Å²) >= 11 is 0. The Morgan fingerprint density at radius 1 is 1.38 bits per heavy atom. The van der Waals surface area contributed by atoms with Crippen molar-refractivity contribution in [1.82, 2.24) is 5.32 Å². The highest BCUT2D eigenvalue weighted by Gasteiger charge is 2.62. The molecular formula is C11H17NO. The second-order valence-electron chi connectivity index (χ2n) is 5.19. The van der Waals surface area contributed by atoms with Gasteiger partial charge in [0.1, 0.15) is 0 Å². The van der Waals surface area contributed by atoms with E-state index in [1.54, 1.807) is 0 Å². The number of amides is 1.